The summed E-state index contributed by atoms with van der Waals surface area (Å²) in [5.41, 5.74) is 3.73. The van der Waals surface area contributed by atoms with Crippen molar-refractivity contribution < 1.29 is 14.3 Å². The van der Waals surface area contributed by atoms with E-state index in [1.807, 2.05) is 24.4 Å². The zero-order valence-corrected chi connectivity index (χ0v) is 16.9. The van der Waals surface area contributed by atoms with Crippen LogP contribution in [0.15, 0.2) is 53.7 Å². The van der Waals surface area contributed by atoms with Gasteiger partial charge in [-0.3, -0.25) is 4.99 Å². The predicted octanol–water partition coefficient (Wildman–Crippen LogP) is 2.87. The molecule has 1 heterocycles. The third kappa shape index (κ3) is 4.87. The van der Waals surface area contributed by atoms with Crippen LogP contribution in [0.2, 0.25) is 0 Å². The molecule has 0 aliphatic rings. The minimum absolute atomic E-state index is 0.400. The summed E-state index contributed by atoms with van der Waals surface area (Å²) in [5.74, 6) is 0.757. The van der Waals surface area contributed by atoms with E-state index >= 15 is 0 Å². The van der Waals surface area contributed by atoms with Crippen LogP contribution in [0.25, 0.3) is 10.9 Å². The summed E-state index contributed by atoms with van der Waals surface area (Å²) in [6, 6.07) is 13.7. The molecule has 7 nitrogen and oxygen atoms in total. The van der Waals surface area contributed by atoms with Crippen molar-refractivity contribution in [2.45, 2.75) is 13.0 Å². The van der Waals surface area contributed by atoms with Crippen LogP contribution in [0.1, 0.15) is 21.5 Å². The SMILES string of the molecule is CN=C(NCCc1c[nH]c2ccccc12)NCc1ccc(OC)c(C(=O)OC)c1. The number of ether oxygens (including phenoxy) is 2. The van der Waals surface area contributed by atoms with E-state index < -0.39 is 5.97 Å². The fraction of sp³-hybridized carbons (Fsp3) is 0.273. The van der Waals surface area contributed by atoms with Gasteiger partial charge in [-0.25, -0.2) is 4.79 Å². The number of para-hydroxylation sites is 1. The second kappa shape index (κ2) is 9.64. The molecule has 0 amide bonds. The quantitative estimate of drug-likeness (QED) is 0.326. The predicted molar refractivity (Wildman–Crippen MR) is 115 cm³/mol. The molecule has 0 radical (unpaired) electrons. The van der Waals surface area contributed by atoms with Crippen molar-refractivity contribution in [3.63, 3.8) is 0 Å². The normalized spacial score (nSPS) is 11.3. The molecule has 7 heteroatoms. The van der Waals surface area contributed by atoms with Crippen molar-refractivity contribution in [3.05, 3.63) is 65.4 Å². The summed E-state index contributed by atoms with van der Waals surface area (Å²) in [5, 5.41) is 7.83. The lowest BCUT2D eigenvalue weighted by molar-refractivity contribution is 0.0597. The Morgan fingerprint density at radius 2 is 1.97 bits per heavy atom. The van der Waals surface area contributed by atoms with Crippen molar-refractivity contribution in [1.82, 2.24) is 15.6 Å². The highest BCUT2D eigenvalue weighted by Crippen LogP contribution is 2.21. The van der Waals surface area contributed by atoms with E-state index in [-0.39, 0.29) is 0 Å². The van der Waals surface area contributed by atoms with E-state index in [4.69, 9.17) is 9.47 Å². The Hall–Kier alpha value is -3.48. The van der Waals surface area contributed by atoms with Crippen molar-refractivity contribution >= 4 is 22.8 Å². The molecule has 1 aromatic heterocycles. The fourth-order valence-corrected chi connectivity index (χ4v) is 3.19. The topological polar surface area (TPSA) is 87.7 Å². The highest BCUT2D eigenvalue weighted by atomic mass is 16.5. The first kappa shape index (κ1) is 20.3. The van der Waals surface area contributed by atoms with Crippen molar-refractivity contribution in [2.75, 3.05) is 27.8 Å². The van der Waals surface area contributed by atoms with Gasteiger partial charge in [0.05, 0.1) is 14.2 Å². The number of rotatable bonds is 7. The summed E-state index contributed by atoms with van der Waals surface area (Å²) in [6.45, 7) is 1.26. The maximum absolute atomic E-state index is 11.9. The molecule has 3 aromatic rings. The average molecular weight is 394 g/mol. The number of nitrogens with one attached hydrogen (secondary N) is 3. The Morgan fingerprint density at radius 3 is 2.72 bits per heavy atom. The summed E-state index contributed by atoms with van der Waals surface area (Å²) in [6.07, 6.45) is 2.92. The maximum Gasteiger partial charge on any atom is 0.341 e. The third-order valence-corrected chi connectivity index (χ3v) is 4.71. The number of hydrogen-bond acceptors (Lipinski definition) is 4. The minimum atomic E-state index is -0.426. The summed E-state index contributed by atoms with van der Waals surface area (Å²) in [4.78, 5) is 19.5. The average Bonchev–Trinajstić information content (AvgIpc) is 3.18. The van der Waals surface area contributed by atoms with Crippen LogP contribution in [-0.2, 0) is 17.7 Å². The lowest BCUT2D eigenvalue weighted by Gasteiger charge is -2.13. The van der Waals surface area contributed by atoms with Gasteiger partial charge in [0, 0.05) is 37.2 Å². The minimum Gasteiger partial charge on any atom is -0.496 e. The number of carbonyl (C=O) groups excluding carboxylic acids is 1. The van der Waals surface area contributed by atoms with E-state index in [9.17, 15) is 4.79 Å². The van der Waals surface area contributed by atoms with Crippen molar-refractivity contribution in [1.29, 1.82) is 0 Å². The summed E-state index contributed by atoms with van der Waals surface area (Å²) >= 11 is 0. The summed E-state index contributed by atoms with van der Waals surface area (Å²) in [7, 11) is 4.61. The van der Waals surface area contributed by atoms with Crippen LogP contribution in [-0.4, -0.2) is 44.7 Å². The number of guanidine groups is 1. The maximum atomic E-state index is 11.9. The molecule has 0 aliphatic heterocycles. The molecule has 0 unspecified atom stereocenters. The number of benzene rings is 2. The molecule has 0 fully saturated rings. The zero-order chi connectivity index (χ0) is 20.6. The van der Waals surface area contributed by atoms with Gasteiger partial charge in [-0.2, -0.15) is 0 Å². The highest BCUT2D eigenvalue weighted by Gasteiger charge is 2.13. The van der Waals surface area contributed by atoms with Gasteiger partial charge < -0.3 is 25.1 Å². The molecule has 0 aliphatic carbocycles. The smallest absolute Gasteiger partial charge is 0.341 e. The van der Waals surface area contributed by atoms with Gasteiger partial charge in [-0.05, 0) is 35.7 Å². The van der Waals surface area contributed by atoms with Crippen molar-refractivity contribution in [2.24, 2.45) is 4.99 Å². The van der Waals surface area contributed by atoms with E-state index in [1.54, 1.807) is 19.2 Å². The Balaban J connectivity index is 1.56. The van der Waals surface area contributed by atoms with Gasteiger partial charge in [0.15, 0.2) is 5.96 Å². The van der Waals surface area contributed by atoms with E-state index in [0.29, 0.717) is 23.8 Å². The lowest BCUT2D eigenvalue weighted by atomic mass is 10.1. The monoisotopic (exact) mass is 394 g/mol. The Morgan fingerprint density at radius 1 is 1.14 bits per heavy atom. The van der Waals surface area contributed by atoms with Gasteiger partial charge in [0.2, 0.25) is 0 Å². The number of aromatic amines is 1. The third-order valence-electron chi connectivity index (χ3n) is 4.71. The van der Waals surface area contributed by atoms with Crippen LogP contribution in [0.3, 0.4) is 0 Å². The van der Waals surface area contributed by atoms with Crippen LogP contribution in [0.5, 0.6) is 5.75 Å². The molecule has 0 saturated carbocycles. The number of hydrogen-bond donors (Lipinski definition) is 3. The van der Waals surface area contributed by atoms with Gasteiger partial charge in [-0.1, -0.05) is 24.3 Å². The number of fused-ring (bicyclic) bond motifs is 1. The Labute approximate surface area is 170 Å². The second-order valence-electron chi connectivity index (χ2n) is 6.49. The van der Waals surface area contributed by atoms with Crippen LogP contribution < -0.4 is 15.4 Å². The van der Waals surface area contributed by atoms with Crippen LogP contribution in [0, 0.1) is 0 Å². The van der Waals surface area contributed by atoms with Gasteiger partial charge in [0.25, 0.3) is 0 Å². The molecule has 3 rings (SSSR count). The van der Waals surface area contributed by atoms with Gasteiger partial charge in [0.1, 0.15) is 11.3 Å². The second-order valence-corrected chi connectivity index (χ2v) is 6.49. The molecule has 3 N–H and O–H groups in total. The molecule has 0 spiro atoms. The number of nitrogens with zero attached hydrogens (tertiary/aromatic N) is 1. The van der Waals surface area contributed by atoms with Crippen LogP contribution >= 0.6 is 0 Å². The first-order chi connectivity index (χ1) is 14.2. The Kier molecular flexibility index (Phi) is 6.73. The Bertz CT molecular complexity index is 1010. The lowest BCUT2D eigenvalue weighted by Crippen LogP contribution is -2.37. The molecule has 29 heavy (non-hydrogen) atoms. The van der Waals surface area contributed by atoms with Gasteiger partial charge >= 0.3 is 5.97 Å². The number of esters is 1. The number of aliphatic imine (C=N–C) groups is 1. The first-order valence-electron chi connectivity index (χ1n) is 9.41. The molecule has 0 saturated heterocycles. The molecule has 2 aromatic carbocycles. The summed E-state index contributed by atoms with van der Waals surface area (Å²) < 4.78 is 10.1. The number of aromatic nitrogens is 1. The molecule has 0 atom stereocenters. The van der Waals surface area contributed by atoms with Crippen LogP contribution in [0.4, 0.5) is 0 Å². The van der Waals surface area contributed by atoms with E-state index in [2.05, 4.69) is 32.7 Å². The standard InChI is InChI=1S/C22H26N4O3/c1-23-22(24-11-10-16-14-25-19-7-5-4-6-17(16)19)26-13-15-8-9-20(28-2)18(12-15)21(27)29-3/h4-9,12,14,25H,10-11,13H2,1-3H3,(H2,23,24,26). The fourth-order valence-electron chi connectivity index (χ4n) is 3.19. The van der Waals surface area contributed by atoms with Crippen molar-refractivity contribution in [3.8, 4) is 5.75 Å². The largest absolute Gasteiger partial charge is 0.496 e. The number of methoxy groups -OCH3 is 2. The molecular formula is C22H26N4O3. The van der Waals surface area contributed by atoms with E-state index in [1.165, 1.54) is 25.2 Å². The number of carbonyl (C=O) groups is 1. The molecule has 152 valence electrons. The highest BCUT2D eigenvalue weighted by molar-refractivity contribution is 5.92. The molecule has 0 bridgehead atoms. The molecular weight excluding hydrogens is 368 g/mol. The number of H-pyrrole nitrogens is 1. The van der Waals surface area contributed by atoms with Gasteiger partial charge in [-0.15, -0.1) is 0 Å². The zero-order valence-electron chi connectivity index (χ0n) is 16.9. The first-order valence-corrected chi connectivity index (χ1v) is 9.41. The van der Waals surface area contributed by atoms with E-state index in [0.717, 1.165) is 24.0 Å².